The first-order valence-corrected chi connectivity index (χ1v) is 7.13. The Hall–Kier alpha value is -0.450. The first-order valence-electron chi connectivity index (χ1n) is 6.25. The van der Waals surface area contributed by atoms with Crippen LogP contribution in [0.3, 0.4) is 0 Å². The molecular weight excluding hydrogens is 218 g/mol. The van der Waals surface area contributed by atoms with Crippen molar-refractivity contribution in [2.75, 3.05) is 13.1 Å². The molecule has 1 saturated heterocycles. The van der Waals surface area contributed by atoms with Gasteiger partial charge in [0.25, 0.3) is 0 Å². The molecule has 90 valence electrons. The van der Waals surface area contributed by atoms with Gasteiger partial charge >= 0.3 is 0 Å². The standard InChI is InChI=1S/C12H21N3S/c13-6-3-5-11-9-16-12(15-11)8-10-4-1-2-7-14-10/h9-10,14H,1-8,13H2. The van der Waals surface area contributed by atoms with E-state index >= 15 is 0 Å². The van der Waals surface area contributed by atoms with E-state index < -0.39 is 0 Å². The molecule has 1 unspecified atom stereocenters. The number of nitrogens with one attached hydrogen (secondary N) is 1. The molecule has 0 bridgehead atoms. The van der Waals surface area contributed by atoms with Gasteiger partial charge in [-0.15, -0.1) is 11.3 Å². The van der Waals surface area contributed by atoms with Crippen molar-refractivity contribution in [2.24, 2.45) is 5.73 Å². The molecule has 2 rings (SSSR count). The maximum absolute atomic E-state index is 5.50. The number of piperidine rings is 1. The summed E-state index contributed by atoms with van der Waals surface area (Å²) in [5.74, 6) is 0. The number of hydrogen-bond acceptors (Lipinski definition) is 4. The van der Waals surface area contributed by atoms with Crippen molar-refractivity contribution in [3.8, 4) is 0 Å². The van der Waals surface area contributed by atoms with Crippen LogP contribution in [0.5, 0.6) is 0 Å². The summed E-state index contributed by atoms with van der Waals surface area (Å²) in [4.78, 5) is 4.66. The maximum Gasteiger partial charge on any atom is 0.0943 e. The van der Waals surface area contributed by atoms with E-state index in [1.165, 1.54) is 36.5 Å². The molecule has 1 aliphatic heterocycles. The summed E-state index contributed by atoms with van der Waals surface area (Å²) in [6, 6.07) is 0.655. The molecule has 3 N–H and O–H groups in total. The molecule has 0 amide bonds. The highest BCUT2D eigenvalue weighted by atomic mass is 32.1. The van der Waals surface area contributed by atoms with Gasteiger partial charge in [0.15, 0.2) is 0 Å². The summed E-state index contributed by atoms with van der Waals surface area (Å²) in [6.07, 6.45) is 7.18. The first-order chi connectivity index (χ1) is 7.88. The van der Waals surface area contributed by atoms with Gasteiger partial charge in [-0.25, -0.2) is 4.98 Å². The number of rotatable bonds is 5. The zero-order valence-electron chi connectivity index (χ0n) is 9.74. The van der Waals surface area contributed by atoms with Gasteiger partial charge in [-0.3, -0.25) is 0 Å². The smallest absolute Gasteiger partial charge is 0.0943 e. The summed E-state index contributed by atoms with van der Waals surface area (Å²) in [7, 11) is 0. The van der Waals surface area contributed by atoms with E-state index in [1.54, 1.807) is 11.3 Å². The van der Waals surface area contributed by atoms with Gasteiger partial charge in [-0.2, -0.15) is 0 Å². The van der Waals surface area contributed by atoms with Crippen molar-refractivity contribution in [1.82, 2.24) is 10.3 Å². The zero-order valence-corrected chi connectivity index (χ0v) is 10.6. The largest absolute Gasteiger partial charge is 0.330 e. The summed E-state index contributed by atoms with van der Waals surface area (Å²) < 4.78 is 0. The van der Waals surface area contributed by atoms with Crippen molar-refractivity contribution in [3.63, 3.8) is 0 Å². The van der Waals surface area contributed by atoms with Crippen molar-refractivity contribution < 1.29 is 0 Å². The van der Waals surface area contributed by atoms with Crippen LogP contribution in [0.2, 0.25) is 0 Å². The molecule has 1 aliphatic rings. The van der Waals surface area contributed by atoms with Gasteiger partial charge in [-0.1, -0.05) is 6.42 Å². The summed E-state index contributed by atoms with van der Waals surface area (Å²) in [5.41, 5.74) is 6.72. The predicted molar refractivity (Wildman–Crippen MR) is 68.8 cm³/mol. The van der Waals surface area contributed by atoms with E-state index in [9.17, 15) is 0 Å². The second-order valence-corrected chi connectivity index (χ2v) is 5.42. The molecule has 3 nitrogen and oxygen atoms in total. The number of aryl methyl sites for hydroxylation is 1. The molecule has 0 aromatic carbocycles. The molecule has 0 saturated carbocycles. The summed E-state index contributed by atoms with van der Waals surface area (Å²) >= 11 is 1.80. The van der Waals surface area contributed by atoms with Crippen LogP contribution in [0, 0.1) is 0 Å². The van der Waals surface area contributed by atoms with Crippen molar-refractivity contribution in [1.29, 1.82) is 0 Å². The van der Waals surface area contributed by atoms with Gasteiger partial charge in [0.05, 0.1) is 10.7 Å². The second kappa shape index (κ2) is 6.33. The average Bonchev–Trinajstić information content (AvgIpc) is 2.75. The van der Waals surface area contributed by atoms with Crippen LogP contribution < -0.4 is 11.1 Å². The number of thiazole rings is 1. The minimum Gasteiger partial charge on any atom is -0.330 e. The fraction of sp³-hybridized carbons (Fsp3) is 0.750. The van der Waals surface area contributed by atoms with E-state index in [-0.39, 0.29) is 0 Å². The fourth-order valence-electron chi connectivity index (χ4n) is 2.15. The monoisotopic (exact) mass is 239 g/mol. The van der Waals surface area contributed by atoms with Crippen LogP contribution in [0.1, 0.15) is 36.4 Å². The van der Waals surface area contributed by atoms with Crippen LogP contribution in [0.4, 0.5) is 0 Å². The van der Waals surface area contributed by atoms with E-state index in [2.05, 4.69) is 15.7 Å². The van der Waals surface area contributed by atoms with Crippen molar-refractivity contribution >= 4 is 11.3 Å². The molecule has 16 heavy (non-hydrogen) atoms. The predicted octanol–water partition coefficient (Wildman–Crippen LogP) is 1.72. The lowest BCUT2D eigenvalue weighted by atomic mass is 10.0. The molecule has 1 atom stereocenters. The van der Waals surface area contributed by atoms with Crippen LogP contribution in [0.25, 0.3) is 0 Å². The maximum atomic E-state index is 5.50. The Morgan fingerprint density at radius 3 is 3.19 bits per heavy atom. The lowest BCUT2D eigenvalue weighted by Crippen LogP contribution is -2.35. The highest BCUT2D eigenvalue weighted by molar-refractivity contribution is 7.09. The van der Waals surface area contributed by atoms with Gasteiger partial charge in [0, 0.05) is 17.8 Å². The fourth-order valence-corrected chi connectivity index (χ4v) is 3.06. The Morgan fingerprint density at radius 1 is 1.50 bits per heavy atom. The third-order valence-corrected chi connectivity index (χ3v) is 3.99. The summed E-state index contributed by atoms with van der Waals surface area (Å²) in [5, 5.41) is 7.04. The number of nitrogens with zero attached hydrogens (tertiary/aromatic N) is 1. The van der Waals surface area contributed by atoms with Gasteiger partial charge in [0.2, 0.25) is 0 Å². The molecule has 0 radical (unpaired) electrons. The second-order valence-electron chi connectivity index (χ2n) is 4.48. The molecular formula is C12H21N3S. The van der Waals surface area contributed by atoms with E-state index in [0.717, 1.165) is 25.8 Å². The molecule has 2 heterocycles. The van der Waals surface area contributed by atoms with Crippen LogP contribution in [-0.4, -0.2) is 24.1 Å². The highest BCUT2D eigenvalue weighted by Crippen LogP contribution is 2.17. The van der Waals surface area contributed by atoms with Gasteiger partial charge < -0.3 is 11.1 Å². The number of aromatic nitrogens is 1. The number of hydrogen-bond donors (Lipinski definition) is 2. The lowest BCUT2D eigenvalue weighted by Gasteiger charge is -2.22. The summed E-state index contributed by atoms with van der Waals surface area (Å²) in [6.45, 7) is 1.94. The van der Waals surface area contributed by atoms with E-state index in [4.69, 9.17) is 5.73 Å². The third kappa shape index (κ3) is 3.54. The molecule has 0 spiro atoms. The SMILES string of the molecule is NCCCc1csc(CC2CCCCN2)n1. The Morgan fingerprint density at radius 2 is 2.44 bits per heavy atom. The van der Waals surface area contributed by atoms with Crippen LogP contribution in [0.15, 0.2) is 5.38 Å². The minimum atomic E-state index is 0.655. The first kappa shape index (κ1) is 12.0. The molecule has 1 fully saturated rings. The number of nitrogens with two attached hydrogens (primary N) is 1. The highest BCUT2D eigenvalue weighted by Gasteiger charge is 2.14. The van der Waals surface area contributed by atoms with E-state index in [0.29, 0.717) is 6.04 Å². The zero-order chi connectivity index (χ0) is 11.2. The molecule has 0 aliphatic carbocycles. The van der Waals surface area contributed by atoms with Gasteiger partial charge in [-0.05, 0) is 38.8 Å². The quantitative estimate of drug-likeness (QED) is 0.822. The minimum absolute atomic E-state index is 0.655. The molecule has 1 aromatic heterocycles. The lowest BCUT2D eigenvalue weighted by molar-refractivity contribution is 0.399. The van der Waals surface area contributed by atoms with Crippen LogP contribution >= 0.6 is 11.3 Å². The average molecular weight is 239 g/mol. The Balaban J connectivity index is 1.81. The Labute approximate surface area is 101 Å². The molecule has 4 heteroatoms. The Kier molecular flexibility index (Phi) is 4.75. The molecule has 1 aromatic rings. The van der Waals surface area contributed by atoms with Crippen molar-refractivity contribution in [2.45, 2.75) is 44.6 Å². The van der Waals surface area contributed by atoms with Crippen molar-refractivity contribution in [3.05, 3.63) is 16.1 Å². The van der Waals surface area contributed by atoms with E-state index in [1.807, 2.05) is 0 Å². The Bertz CT molecular complexity index is 305. The topological polar surface area (TPSA) is 50.9 Å². The van der Waals surface area contributed by atoms with Gasteiger partial charge in [0.1, 0.15) is 0 Å². The third-order valence-electron chi connectivity index (χ3n) is 3.07. The normalized spacial score (nSPS) is 21.2. The van der Waals surface area contributed by atoms with Crippen LogP contribution in [-0.2, 0) is 12.8 Å².